The minimum absolute atomic E-state index is 0.0391. The van der Waals surface area contributed by atoms with E-state index in [-0.39, 0.29) is 5.69 Å². The molecule has 1 aliphatic carbocycles. The first kappa shape index (κ1) is 12.3. The van der Waals surface area contributed by atoms with Crippen molar-refractivity contribution >= 4 is 11.5 Å². The smallest absolute Gasteiger partial charge is 0.287 e. The Morgan fingerprint density at radius 3 is 2.95 bits per heavy atom. The van der Waals surface area contributed by atoms with Crippen LogP contribution in [0, 0.1) is 10.1 Å². The van der Waals surface area contributed by atoms with Crippen molar-refractivity contribution < 1.29 is 9.66 Å². The van der Waals surface area contributed by atoms with Crippen molar-refractivity contribution in [3.63, 3.8) is 0 Å². The van der Waals surface area contributed by atoms with Crippen molar-refractivity contribution in [2.24, 2.45) is 0 Å². The molecule has 2 atom stereocenters. The molecule has 6 heteroatoms. The summed E-state index contributed by atoms with van der Waals surface area (Å²) in [6.45, 7) is 1.52. The molecule has 0 unspecified atom stereocenters. The molecule has 1 aromatic heterocycles. The van der Waals surface area contributed by atoms with Crippen LogP contribution in [0.2, 0.25) is 0 Å². The zero-order valence-corrected chi connectivity index (χ0v) is 10.7. The summed E-state index contributed by atoms with van der Waals surface area (Å²) >= 11 is 0. The fraction of sp³-hybridized carbons (Fsp3) is 0.615. The Morgan fingerprint density at radius 2 is 2.21 bits per heavy atom. The number of fused-ring (bicyclic) bond motifs is 1. The molecule has 2 aliphatic rings. The summed E-state index contributed by atoms with van der Waals surface area (Å²) in [5, 5.41) is 10.6. The molecule has 1 aliphatic heterocycles. The maximum absolute atomic E-state index is 10.6. The molecule has 2 heterocycles. The summed E-state index contributed by atoms with van der Waals surface area (Å²) in [4.78, 5) is 16.7. The third kappa shape index (κ3) is 2.40. The van der Waals surface area contributed by atoms with Gasteiger partial charge >= 0.3 is 0 Å². The van der Waals surface area contributed by atoms with E-state index < -0.39 is 4.92 Å². The second kappa shape index (κ2) is 5.13. The van der Waals surface area contributed by atoms with E-state index in [4.69, 9.17) is 4.74 Å². The lowest BCUT2D eigenvalue weighted by molar-refractivity contribution is -0.385. The van der Waals surface area contributed by atoms with Gasteiger partial charge in [0.25, 0.3) is 5.69 Å². The highest BCUT2D eigenvalue weighted by Crippen LogP contribution is 2.31. The van der Waals surface area contributed by atoms with Gasteiger partial charge in [0.1, 0.15) is 12.0 Å². The largest absolute Gasteiger partial charge is 0.374 e. The number of nitrogens with zero attached hydrogens (tertiary/aromatic N) is 3. The van der Waals surface area contributed by atoms with E-state index >= 15 is 0 Å². The van der Waals surface area contributed by atoms with Crippen molar-refractivity contribution in [2.45, 2.75) is 37.8 Å². The number of hydrogen-bond acceptors (Lipinski definition) is 5. The van der Waals surface area contributed by atoms with Gasteiger partial charge in [0.05, 0.1) is 23.7 Å². The number of aromatic nitrogens is 1. The SMILES string of the molecule is O=[N+]([O-])c1ccc(N2CCO[C@@H]3CCCC[C@H]32)nc1. The van der Waals surface area contributed by atoms with Gasteiger partial charge in [-0.25, -0.2) is 4.98 Å². The molecule has 102 valence electrons. The van der Waals surface area contributed by atoms with Crippen molar-refractivity contribution in [3.8, 4) is 0 Å². The van der Waals surface area contributed by atoms with Crippen LogP contribution in [0.15, 0.2) is 18.3 Å². The first-order valence-corrected chi connectivity index (χ1v) is 6.74. The lowest BCUT2D eigenvalue weighted by Crippen LogP contribution is -2.53. The average molecular weight is 263 g/mol. The van der Waals surface area contributed by atoms with Crippen LogP contribution in [0.1, 0.15) is 25.7 Å². The highest BCUT2D eigenvalue weighted by atomic mass is 16.6. The van der Waals surface area contributed by atoms with E-state index in [1.54, 1.807) is 6.07 Å². The van der Waals surface area contributed by atoms with Crippen LogP contribution in [0.25, 0.3) is 0 Å². The molecule has 2 fully saturated rings. The maximum atomic E-state index is 10.6. The lowest BCUT2D eigenvalue weighted by atomic mass is 9.90. The topological polar surface area (TPSA) is 68.5 Å². The number of rotatable bonds is 2. The summed E-state index contributed by atoms with van der Waals surface area (Å²) in [5.41, 5.74) is 0.0391. The van der Waals surface area contributed by atoms with Crippen molar-refractivity contribution in [1.29, 1.82) is 0 Å². The number of pyridine rings is 1. The molecule has 1 saturated carbocycles. The Morgan fingerprint density at radius 1 is 1.37 bits per heavy atom. The fourth-order valence-corrected chi connectivity index (χ4v) is 3.04. The normalized spacial score (nSPS) is 26.8. The summed E-state index contributed by atoms with van der Waals surface area (Å²) < 4.78 is 5.82. The zero-order valence-electron chi connectivity index (χ0n) is 10.7. The van der Waals surface area contributed by atoms with Gasteiger partial charge in [0.15, 0.2) is 0 Å². The summed E-state index contributed by atoms with van der Waals surface area (Å²) in [6.07, 6.45) is 6.29. The monoisotopic (exact) mass is 263 g/mol. The van der Waals surface area contributed by atoms with Gasteiger partial charge < -0.3 is 9.64 Å². The van der Waals surface area contributed by atoms with E-state index in [2.05, 4.69) is 9.88 Å². The number of hydrogen-bond donors (Lipinski definition) is 0. The fourth-order valence-electron chi connectivity index (χ4n) is 3.04. The quantitative estimate of drug-likeness (QED) is 0.604. The Labute approximate surface area is 111 Å². The molecule has 0 aromatic carbocycles. The van der Waals surface area contributed by atoms with Crippen molar-refractivity contribution in [1.82, 2.24) is 4.98 Å². The predicted octanol–water partition coefficient (Wildman–Crippen LogP) is 2.14. The van der Waals surface area contributed by atoms with Crippen LogP contribution in [-0.4, -0.2) is 35.2 Å². The third-order valence-corrected chi connectivity index (χ3v) is 3.97. The van der Waals surface area contributed by atoms with Gasteiger partial charge in [0, 0.05) is 12.6 Å². The minimum atomic E-state index is -0.417. The second-order valence-electron chi connectivity index (χ2n) is 5.09. The Kier molecular flexibility index (Phi) is 3.33. The molecular formula is C13H17N3O3. The van der Waals surface area contributed by atoms with E-state index in [1.165, 1.54) is 25.1 Å². The van der Waals surface area contributed by atoms with Gasteiger partial charge in [-0.3, -0.25) is 10.1 Å². The van der Waals surface area contributed by atoms with Crippen molar-refractivity contribution in [3.05, 3.63) is 28.4 Å². The number of nitro groups is 1. The van der Waals surface area contributed by atoms with Crippen molar-refractivity contribution in [2.75, 3.05) is 18.1 Å². The molecule has 6 nitrogen and oxygen atoms in total. The van der Waals surface area contributed by atoms with Gasteiger partial charge in [0.2, 0.25) is 0 Å². The number of morpholine rings is 1. The van der Waals surface area contributed by atoms with E-state index in [9.17, 15) is 10.1 Å². The summed E-state index contributed by atoms with van der Waals surface area (Å²) in [7, 11) is 0. The molecule has 19 heavy (non-hydrogen) atoms. The molecule has 0 N–H and O–H groups in total. The second-order valence-corrected chi connectivity index (χ2v) is 5.09. The number of ether oxygens (including phenoxy) is 1. The molecule has 0 bridgehead atoms. The summed E-state index contributed by atoms with van der Waals surface area (Å²) in [5.74, 6) is 0.825. The zero-order chi connectivity index (χ0) is 13.2. The van der Waals surface area contributed by atoms with E-state index in [0.717, 1.165) is 25.2 Å². The molecule has 0 amide bonds. The van der Waals surface area contributed by atoms with Gasteiger partial charge in [-0.2, -0.15) is 0 Å². The standard InChI is InChI=1S/C13H17N3O3/c17-16(18)10-5-6-13(14-9-10)15-7-8-19-12-4-2-1-3-11(12)15/h5-6,9,11-12H,1-4,7-8H2/t11-,12-/m1/s1. The van der Waals surface area contributed by atoms with E-state index in [0.29, 0.717) is 18.8 Å². The van der Waals surface area contributed by atoms with Crippen LogP contribution in [-0.2, 0) is 4.74 Å². The molecular weight excluding hydrogens is 246 g/mol. The highest BCUT2D eigenvalue weighted by molar-refractivity contribution is 5.44. The molecule has 0 radical (unpaired) electrons. The Bertz CT molecular complexity index is 461. The van der Waals surface area contributed by atoms with Crippen LogP contribution >= 0.6 is 0 Å². The average Bonchev–Trinajstić information content (AvgIpc) is 2.47. The predicted molar refractivity (Wildman–Crippen MR) is 70.2 cm³/mol. The molecule has 0 spiro atoms. The van der Waals surface area contributed by atoms with Gasteiger partial charge in [-0.1, -0.05) is 12.8 Å². The van der Waals surface area contributed by atoms with Crippen LogP contribution < -0.4 is 4.90 Å². The summed E-state index contributed by atoms with van der Waals surface area (Å²) in [6, 6.07) is 3.64. The van der Waals surface area contributed by atoms with Crippen LogP contribution in [0.5, 0.6) is 0 Å². The molecule has 1 saturated heterocycles. The van der Waals surface area contributed by atoms with E-state index in [1.807, 2.05) is 0 Å². The molecule has 1 aromatic rings. The van der Waals surface area contributed by atoms with Crippen LogP contribution in [0.3, 0.4) is 0 Å². The Balaban J connectivity index is 1.81. The van der Waals surface area contributed by atoms with Gasteiger partial charge in [-0.15, -0.1) is 0 Å². The third-order valence-electron chi connectivity index (χ3n) is 3.97. The minimum Gasteiger partial charge on any atom is -0.374 e. The maximum Gasteiger partial charge on any atom is 0.287 e. The highest BCUT2D eigenvalue weighted by Gasteiger charge is 2.34. The van der Waals surface area contributed by atoms with Crippen LogP contribution in [0.4, 0.5) is 11.5 Å². The van der Waals surface area contributed by atoms with Gasteiger partial charge in [-0.05, 0) is 18.9 Å². The number of anilines is 1. The Hall–Kier alpha value is -1.69. The lowest BCUT2D eigenvalue weighted by Gasteiger charge is -2.44. The first-order chi connectivity index (χ1) is 9.25. The first-order valence-electron chi connectivity index (χ1n) is 6.74. The molecule has 3 rings (SSSR count).